The van der Waals surface area contributed by atoms with Crippen LogP contribution in [0.5, 0.6) is 5.75 Å². The number of thiophene rings is 1. The molecule has 0 aliphatic rings. The van der Waals surface area contributed by atoms with E-state index < -0.39 is 6.09 Å². The Hall–Kier alpha value is -1.23. The van der Waals surface area contributed by atoms with Crippen molar-refractivity contribution >= 4 is 23.1 Å². The molecule has 0 saturated heterocycles. The van der Waals surface area contributed by atoms with Crippen LogP contribution in [0, 0.1) is 0 Å². The molecule has 1 rings (SSSR count). The van der Waals surface area contributed by atoms with Crippen LogP contribution in [0.1, 0.15) is 13.8 Å². The van der Waals surface area contributed by atoms with Crippen molar-refractivity contribution in [3.05, 3.63) is 10.8 Å². The smallest absolute Gasteiger partial charge is 0.411 e. The molecule has 0 aliphatic heterocycles. The van der Waals surface area contributed by atoms with Gasteiger partial charge in [-0.1, -0.05) is 0 Å². The maximum absolute atomic E-state index is 11.1. The molecule has 0 spiro atoms. The predicted octanol–water partition coefficient (Wildman–Crippen LogP) is 2.72. The predicted molar refractivity (Wildman–Crippen MR) is 56.1 cm³/mol. The van der Waals surface area contributed by atoms with Crippen molar-refractivity contribution in [2.24, 2.45) is 0 Å². The summed E-state index contributed by atoms with van der Waals surface area (Å²) in [6.07, 6.45) is -0.452. The molecular weight excluding hydrogens is 202 g/mol. The number of anilines is 1. The molecule has 1 heterocycles. The molecule has 0 bridgehead atoms. The van der Waals surface area contributed by atoms with E-state index in [9.17, 15) is 4.79 Å². The molecule has 0 atom stereocenters. The van der Waals surface area contributed by atoms with Gasteiger partial charge in [-0.15, -0.1) is 11.3 Å². The average Bonchev–Trinajstić information content (AvgIpc) is 2.54. The summed E-state index contributed by atoms with van der Waals surface area (Å²) in [7, 11) is 0. The van der Waals surface area contributed by atoms with Gasteiger partial charge in [0.15, 0.2) is 5.75 Å². The van der Waals surface area contributed by atoms with Crippen LogP contribution in [0.4, 0.5) is 10.5 Å². The second-order valence-electron chi connectivity index (χ2n) is 2.43. The second kappa shape index (κ2) is 5.49. The monoisotopic (exact) mass is 215 g/mol. The lowest BCUT2D eigenvalue weighted by atomic mass is 10.5. The summed E-state index contributed by atoms with van der Waals surface area (Å²) in [6.45, 7) is 4.59. The van der Waals surface area contributed by atoms with Crippen LogP contribution in [0.2, 0.25) is 0 Å². The molecule has 0 aromatic carbocycles. The van der Waals surface area contributed by atoms with E-state index in [2.05, 4.69) is 5.32 Å². The van der Waals surface area contributed by atoms with Gasteiger partial charge in [0, 0.05) is 10.8 Å². The van der Waals surface area contributed by atoms with E-state index >= 15 is 0 Å². The minimum Gasteiger partial charge on any atom is -0.491 e. The van der Waals surface area contributed by atoms with Crippen molar-refractivity contribution in [1.82, 2.24) is 0 Å². The molecule has 0 unspecified atom stereocenters. The Morgan fingerprint density at radius 2 is 2.21 bits per heavy atom. The lowest BCUT2D eigenvalue weighted by molar-refractivity contribution is 0.168. The zero-order valence-electron chi connectivity index (χ0n) is 8.20. The number of carbonyl (C=O) groups excluding carboxylic acids is 1. The highest BCUT2D eigenvalue weighted by molar-refractivity contribution is 7.08. The van der Waals surface area contributed by atoms with Gasteiger partial charge < -0.3 is 9.47 Å². The summed E-state index contributed by atoms with van der Waals surface area (Å²) in [5, 5.41) is 6.25. The third-order valence-electron chi connectivity index (χ3n) is 1.44. The van der Waals surface area contributed by atoms with Crippen molar-refractivity contribution in [3.8, 4) is 5.75 Å². The SMILES string of the molecule is CCOC(=O)Nc1cscc1OCC. The first-order valence-corrected chi connectivity index (χ1v) is 5.35. The van der Waals surface area contributed by atoms with Crippen molar-refractivity contribution in [1.29, 1.82) is 0 Å². The first-order valence-electron chi connectivity index (χ1n) is 4.40. The van der Waals surface area contributed by atoms with Gasteiger partial charge in [-0.2, -0.15) is 0 Å². The van der Waals surface area contributed by atoms with E-state index in [-0.39, 0.29) is 0 Å². The minimum absolute atomic E-state index is 0.361. The maximum Gasteiger partial charge on any atom is 0.411 e. The highest BCUT2D eigenvalue weighted by Gasteiger charge is 2.08. The molecule has 0 radical (unpaired) electrons. The van der Waals surface area contributed by atoms with Crippen LogP contribution in [-0.4, -0.2) is 19.3 Å². The lowest BCUT2D eigenvalue weighted by Crippen LogP contribution is -2.13. The number of nitrogens with one attached hydrogen (secondary N) is 1. The second-order valence-corrected chi connectivity index (χ2v) is 3.17. The molecule has 4 nitrogen and oxygen atoms in total. The van der Waals surface area contributed by atoms with Gasteiger partial charge in [0.25, 0.3) is 0 Å². The van der Waals surface area contributed by atoms with Crippen LogP contribution in [0.3, 0.4) is 0 Å². The fourth-order valence-electron chi connectivity index (χ4n) is 0.921. The molecular formula is C9H13NO3S. The number of carbonyl (C=O) groups is 1. The maximum atomic E-state index is 11.1. The Balaban J connectivity index is 2.56. The molecule has 78 valence electrons. The van der Waals surface area contributed by atoms with Gasteiger partial charge >= 0.3 is 6.09 Å². The Morgan fingerprint density at radius 1 is 1.43 bits per heavy atom. The summed E-state index contributed by atoms with van der Waals surface area (Å²) in [4.78, 5) is 11.1. The lowest BCUT2D eigenvalue weighted by Gasteiger charge is -2.06. The average molecular weight is 215 g/mol. The summed E-state index contributed by atoms with van der Waals surface area (Å²) in [5.41, 5.74) is 0.662. The van der Waals surface area contributed by atoms with E-state index in [0.29, 0.717) is 24.7 Å². The molecule has 5 heteroatoms. The quantitative estimate of drug-likeness (QED) is 0.840. The molecule has 14 heavy (non-hydrogen) atoms. The van der Waals surface area contributed by atoms with Gasteiger partial charge in [-0.25, -0.2) is 4.79 Å². The number of ether oxygens (including phenoxy) is 2. The van der Waals surface area contributed by atoms with Crippen LogP contribution in [-0.2, 0) is 4.74 Å². The van der Waals surface area contributed by atoms with E-state index in [1.807, 2.05) is 17.7 Å². The largest absolute Gasteiger partial charge is 0.491 e. The summed E-state index contributed by atoms with van der Waals surface area (Å²) in [5.74, 6) is 0.686. The molecule has 1 amide bonds. The standard InChI is InChI=1S/C9H13NO3S/c1-3-12-8-6-14-5-7(8)10-9(11)13-4-2/h5-6H,3-4H2,1-2H3,(H,10,11). The van der Waals surface area contributed by atoms with Crippen LogP contribution >= 0.6 is 11.3 Å². The third kappa shape index (κ3) is 2.92. The highest BCUT2D eigenvalue weighted by Crippen LogP contribution is 2.28. The summed E-state index contributed by atoms with van der Waals surface area (Å²) < 4.78 is 10.0. The van der Waals surface area contributed by atoms with Crippen molar-refractivity contribution in [2.45, 2.75) is 13.8 Å². The fourth-order valence-corrected chi connectivity index (χ4v) is 1.62. The fraction of sp³-hybridized carbons (Fsp3) is 0.444. The van der Waals surface area contributed by atoms with Crippen molar-refractivity contribution in [3.63, 3.8) is 0 Å². The number of hydrogen-bond acceptors (Lipinski definition) is 4. The molecule has 0 fully saturated rings. The highest BCUT2D eigenvalue weighted by atomic mass is 32.1. The Kier molecular flexibility index (Phi) is 4.25. The Morgan fingerprint density at radius 3 is 2.86 bits per heavy atom. The molecule has 0 saturated carbocycles. The van der Waals surface area contributed by atoms with Gasteiger partial charge in [0.1, 0.15) is 0 Å². The minimum atomic E-state index is -0.452. The zero-order chi connectivity index (χ0) is 10.4. The summed E-state index contributed by atoms with van der Waals surface area (Å²) >= 11 is 1.47. The number of amides is 1. The number of rotatable bonds is 4. The third-order valence-corrected chi connectivity index (χ3v) is 2.16. The van der Waals surface area contributed by atoms with Gasteiger partial charge in [-0.05, 0) is 13.8 Å². The van der Waals surface area contributed by atoms with E-state index in [1.54, 1.807) is 6.92 Å². The van der Waals surface area contributed by atoms with Crippen molar-refractivity contribution < 1.29 is 14.3 Å². The molecule has 1 aromatic rings. The van der Waals surface area contributed by atoms with Gasteiger partial charge in [0.2, 0.25) is 0 Å². The normalized spacial score (nSPS) is 9.57. The van der Waals surface area contributed by atoms with Gasteiger partial charge in [0.05, 0.1) is 18.9 Å². The first-order chi connectivity index (χ1) is 6.77. The Labute approximate surface area is 86.8 Å². The van der Waals surface area contributed by atoms with Crippen LogP contribution < -0.4 is 10.1 Å². The van der Waals surface area contributed by atoms with Crippen molar-refractivity contribution in [2.75, 3.05) is 18.5 Å². The van der Waals surface area contributed by atoms with Crippen LogP contribution in [0.25, 0.3) is 0 Å². The first kappa shape index (κ1) is 10.8. The molecule has 1 N–H and O–H groups in total. The van der Waals surface area contributed by atoms with E-state index in [1.165, 1.54) is 11.3 Å². The van der Waals surface area contributed by atoms with Crippen LogP contribution in [0.15, 0.2) is 10.8 Å². The van der Waals surface area contributed by atoms with Gasteiger partial charge in [-0.3, -0.25) is 5.32 Å². The van der Waals surface area contributed by atoms with E-state index in [4.69, 9.17) is 9.47 Å². The van der Waals surface area contributed by atoms with E-state index in [0.717, 1.165) is 0 Å². The Bertz CT molecular complexity index is 298. The topological polar surface area (TPSA) is 47.6 Å². The number of hydrogen-bond donors (Lipinski definition) is 1. The molecule has 1 aromatic heterocycles. The zero-order valence-corrected chi connectivity index (χ0v) is 9.02. The summed E-state index contributed by atoms with van der Waals surface area (Å²) in [6, 6.07) is 0. The molecule has 0 aliphatic carbocycles.